The van der Waals surface area contributed by atoms with E-state index in [1.54, 1.807) is 6.92 Å². The average Bonchev–Trinajstić information content (AvgIpc) is 2.71. The fourth-order valence-electron chi connectivity index (χ4n) is 2.13. The average molecular weight is 325 g/mol. The number of nitro groups is 1. The van der Waals surface area contributed by atoms with Gasteiger partial charge in [-0.05, 0) is 6.92 Å². The number of carbonyl (C=O) groups is 2. The van der Waals surface area contributed by atoms with Crippen LogP contribution in [0.3, 0.4) is 0 Å². The van der Waals surface area contributed by atoms with Crippen LogP contribution in [0.2, 0.25) is 0 Å². The van der Waals surface area contributed by atoms with Gasteiger partial charge in [0.05, 0.1) is 29.2 Å². The second-order valence-electron chi connectivity index (χ2n) is 4.37. The summed E-state index contributed by atoms with van der Waals surface area (Å²) in [5, 5.41) is 20.1. The summed E-state index contributed by atoms with van der Waals surface area (Å²) in [5.41, 5.74) is -0.633. The van der Waals surface area contributed by atoms with Gasteiger partial charge in [0.15, 0.2) is 5.75 Å². The number of benzene rings is 1. The van der Waals surface area contributed by atoms with E-state index in [-0.39, 0.29) is 30.0 Å². The second-order valence-corrected chi connectivity index (χ2v) is 4.37. The van der Waals surface area contributed by atoms with Crippen molar-refractivity contribution >= 4 is 17.5 Å². The number of imide groups is 1. The summed E-state index contributed by atoms with van der Waals surface area (Å²) in [4.78, 5) is 49.5. The Kier molecular flexibility index (Phi) is 4.39. The number of nitro benzene ring substituents is 1. The Morgan fingerprint density at radius 2 is 1.74 bits per heavy atom. The molecule has 1 aromatic rings. The first-order valence-corrected chi connectivity index (χ1v) is 6.45. The minimum absolute atomic E-state index is 0.0508. The molecular formula is C12H11N3O8. The Bertz CT molecular complexity index is 702. The summed E-state index contributed by atoms with van der Waals surface area (Å²) in [6, 6.07) is 2.10. The Hall–Kier alpha value is -3.24. The SMILES string of the molecule is CCOc1cc2c(cc1[N+](=O)[O-])C(=O)N(CCO[N+](=O)[O-])C2=O. The van der Waals surface area contributed by atoms with Crippen molar-refractivity contribution in [2.45, 2.75) is 6.92 Å². The lowest BCUT2D eigenvalue weighted by Gasteiger charge is -2.12. The smallest absolute Gasteiger partial charge is 0.311 e. The molecule has 0 atom stereocenters. The molecule has 0 spiro atoms. The summed E-state index contributed by atoms with van der Waals surface area (Å²) in [6.07, 6.45) is 0. The van der Waals surface area contributed by atoms with Crippen LogP contribution in [0.15, 0.2) is 12.1 Å². The van der Waals surface area contributed by atoms with Crippen molar-refractivity contribution in [3.05, 3.63) is 43.5 Å². The number of amides is 2. The van der Waals surface area contributed by atoms with Crippen LogP contribution in [-0.2, 0) is 4.84 Å². The summed E-state index contributed by atoms with van der Waals surface area (Å²) in [5.74, 6) is -1.61. The maximum absolute atomic E-state index is 12.2. The number of nitrogens with zero attached hydrogens (tertiary/aromatic N) is 3. The van der Waals surface area contributed by atoms with Crippen molar-refractivity contribution in [3.8, 4) is 5.75 Å². The van der Waals surface area contributed by atoms with Crippen LogP contribution in [0.4, 0.5) is 5.69 Å². The van der Waals surface area contributed by atoms with Crippen molar-refractivity contribution in [1.29, 1.82) is 0 Å². The first-order chi connectivity index (χ1) is 10.9. The maximum Gasteiger partial charge on any atom is 0.311 e. The molecule has 11 nitrogen and oxygen atoms in total. The number of rotatable bonds is 7. The van der Waals surface area contributed by atoms with Crippen molar-refractivity contribution < 1.29 is 29.2 Å². The highest BCUT2D eigenvalue weighted by Gasteiger charge is 2.38. The van der Waals surface area contributed by atoms with Crippen LogP contribution in [0.1, 0.15) is 27.6 Å². The van der Waals surface area contributed by atoms with Crippen molar-refractivity contribution in [2.75, 3.05) is 19.8 Å². The van der Waals surface area contributed by atoms with Gasteiger partial charge in [-0.25, -0.2) is 0 Å². The monoisotopic (exact) mass is 325 g/mol. The van der Waals surface area contributed by atoms with Crippen LogP contribution >= 0.6 is 0 Å². The van der Waals surface area contributed by atoms with E-state index < -0.39 is 34.1 Å². The largest absolute Gasteiger partial charge is 0.487 e. The van der Waals surface area contributed by atoms with E-state index in [2.05, 4.69) is 4.84 Å². The molecule has 23 heavy (non-hydrogen) atoms. The molecule has 0 saturated heterocycles. The standard InChI is InChI=1S/C12H11N3O8/c1-2-22-10-6-8-7(5-9(10)14(18)19)11(16)13(12(8)17)3-4-23-15(20)21/h5-6H,2-4H2,1H3. The van der Waals surface area contributed by atoms with Gasteiger partial charge in [-0.1, -0.05) is 0 Å². The van der Waals surface area contributed by atoms with E-state index in [4.69, 9.17) is 4.74 Å². The third-order valence-corrected chi connectivity index (χ3v) is 3.06. The fourth-order valence-corrected chi connectivity index (χ4v) is 2.13. The molecule has 0 saturated carbocycles. The predicted octanol–water partition coefficient (Wildman–Crippen LogP) is 0.798. The third-order valence-electron chi connectivity index (χ3n) is 3.06. The molecule has 2 rings (SSSR count). The first-order valence-electron chi connectivity index (χ1n) is 6.45. The van der Waals surface area contributed by atoms with Crippen LogP contribution < -0.4 is 4.74 Å². The zero-order valence-corrected chi connectivity index (χ0v) is 11.9. The second kappa shape index (κ2) is 6.25. The minimum atomic E-state index is -1.05. The van der Waals surface area contributed by atoms with Crippen LogP contribution in [-0.4, -0.2) is 46.5 Å². The molecule has 0 fully saturated rings. The topological polar surface area (TPSA) is 142 Å². The van der Waals surface area contributed by atoms with E-state index >= 15 is 0 Å². The van der Waals surface area contributed by atoms with Crippen LogP contribution in [0.25, 0.3) is 0 Å². The van der Waals surface area contributed by atoms with E-state index in [0.717, 1.165) is 17.0 Å². The third kappa shape index (κ3) is 3.02. The van der Waals surface area contributed by atoms with E-state index in [1.807, 2.05) is 0 Å². The minimum Gasteiger partial charge on any atom is -0.487 e. The van der Waals surface area contributed by atoms with Gasteiger partial charge >= 0.3 is 5.69 Å². The molecule has 0 aliphatic carbocycles. The van der Waals surface area contributed by atoms with Crippen molar-refractivity contribution in [3.63, 3.8) is 0 Å². The lowest BCUT2D eigenvalue weighted by Crippen LogP contribution is -2.33. The lowest BCUT2D eigenvalue weighted by atomic mass is 10.1. The highest BCUT2D eigenvalue weighted by atomic mass is 16.9. The Labute approximate surface area is 128 Å². The number of carbonyl (C=O) groups excluding carboxylic acids is 2. The molecule has 2 amide bonds. The van der Waals surface area contributed by atoms with Crippen molar-refractivity contribution in [1.82, 2.24) is 4.90 Å². The van der Waals surface area contributed by atoms with Crippen LogP contribution in [0, 0.1) is 20.2 Å². The molecular weight excluding hydrogens is 314 g/mol. The van der Waals surface area contributed by atoms with Gasteiger partial charge in [0.2, 0.25) is 0 Å². The molecule has 122 valence electrons. The summed E-state index contributed by atoms with van der Waals surface area (Å²) >= 11 is 0. The van der Waals surface area contributed by atoms with E-state index in [0.29, 0.717) is 0 Å². The van der Waals surface area contributed by atoms with Gasteiger partial charge in [0.25, 0.3) is 16.9 Å². The molecule has 11 heteroatoms. The van der Waals surface area contributed by atoms with Crippen molar-refractivity contribution in [2.24, 2.45) is 0 Å². The molecule has 1 aromatic carbocycles. The maximum atomic E-state index is 12.2. The number of fused-ring (bicyclic) bond motifs is 1. The fraction of sp³-hybridized carbons (Fsp3) is 0.333. The summed E-state index contributed by atoms with van der Waals surface area (Å²) < 4.78 is 5.12. The number of ether oxygens (including phenoxy) is 1. The van der Waals surface area contributed by atoms with Crippen LogP contribution in [0.5, 0.6) is 5.75 Å². The highest BCUT2D eigenvalue weighted by Crippen LogP contribution is 2.34. The number of hydrogen-bond donors (Lipinski definition) is 0. The predicted molar refractivity (Wildman–Crippen MR) is 72.6 cm³/mol. The molecule has 1 aliphatic heterocycles. The Morgan fingerprint density at radius 3 is 2.26 bits per heavy atom. The quantitative estimate of drug-likeness (QED) is 0.407. The normalized spacial score (nSPS) is 13.0. The zero-order chi connectivity index (χ0) is 17.1. The summed E-state index contributed by atoms with van der Waals surface area (Å²) in [7, 11) is 0. The molecule has 0 radical (unpaired) electrons. The lowest BCUT2D eigenvalue weighted by molar-refractivity contribution is -0.757. The first kappa shape index (κ1) is 16.1. The molecule has 0 N–H and O–H groups in total. The zero-order valence-electron chi connectivity index (χ0n) is 11.9. The molecule has 0 bridgehead atoms. The summed E-state index contributed by atoms with van der Waals surface area (Å²) in [6.45, 7) is 0.928. The van der Waals surface area contributed by atoms with Gasteiger partial charge in [-0.15, -0.1) is 10.1 Å². The molecule has 0 unspecified atom stereocenters. The van der Waals surface area contributed by atoms with E-state index in [9.17, 15) is 29.8 Å². The Morgan fingerprint density at radius 1 is 1.13 bits per heavy atom. The molecule has 1 heterocycles. The van der Waals surface area contributed by atoms with Gasteiger partial charge in [-0.2, -0.15) is 0 Å². The van der Waals surface area contributed by atoms with Gasteiger partial charge < -0.3 is 9.57 Å². The Balaban J connectivity index is 2.33. The molecule has 0 aromatic heterocycles. The highest BCUT2D eigenvalue weighted by molar-refractivity contribution is 6.21. The molecule has 1 aliphatic rings. The van der Waals surface area contributed by atoms with Gasteiger partial charge in [-0.3, -0.25) is 24.6 Å². The van der Waals surface area contributed by atoms with Gasteiger partial charge in [0, 0.05) is 12.1 Å². The van der Waals surface area contributed by atoms with E-state index in [1.165, 1.54) is 0 Å². The number of hydrogen-bond acceptors (Lipinski definition) is 8. The van der Waals surface area contributed by atoms with Gasteiger partial charge in [0.1, 0.15) is 6.61 Å².